The van der Waals surface area contributed by atoms with Crippen molar-refractivity contribution in [1.29, 1.82) is 0 Å². The molecule has 1 rings (SSSR count). The van der Waals surface area contributed by atoms with Crippen LogP contribution in [0, 0.1) is 0 Å². The lowest BCUT2D eigenvalue weighted by molar-refractivity contribution is -0.0711. The molecule has 0 aliphatic heterocycles. The molecule has 0 unspecified atom stereocenters. The first-order valence-electron chi connectivity index (χ1n) is 5.53. The van der Waals surface area contributed by atoms with Crippen LogP contribution in [0.2, 0.25) is 0 Å². The van der Waals surface area contributed by atoms with Gasteiger partial charge >= 0.3 is 0 Å². The SMILES string of the molecule is CC(C)(C)c1ccc([C@H](N)C(F)(F)CO)cc1. The molecule has 0 aliphatic carbocycles. The van der Waals surface area contributed by atoms with Crippen molar-refractivity contribution in [3.63, 3.8) is 0 Å². The molecule has 3 N–H and O–H groups in total. The highest BCUT2D eigenvalue weighted by molar-refractivity contribution is 5.30. The number of hydrogen-bond donors (Lipinski definition) is 2. The van der Waals surface area contributed by atoms with Crippen LogP contribution in [0.4, 0.5) is 8.78 Å². The van der Waals surface area contributed by atoms with E-state index in [-0.39, 0.29) is 5.41 Å². The molecule has 0 radical (unpaired) electrons. The lowest BCUT2D eigenvalue weighted by Gasteiger charge is -2.23. The third-order valence-electron chi connectivity index (χ3n) is 2.80. The van der Waals surface area contributed by atoms with Crippen LogP contribution in [0.1, 0.15) is 37.9 Å². The van der Waals surface area contributed by atoms with E-state index in [1.807, 2.05) is 20.8 Å². The van der Waals surface area contributed by atoms with E-state index in [4.69, 9.17) is 10.8 Å². The van der Waals surface area contributed by atoms with Crippen LogP contribution in [0.3, 0.4) is 0 Å². The monoisotopic (exact) mass is 243 g/mol. The standard InChI is InChI=1S/C13H19F2NO/c1-12(2,3)10-6-4-9(5-7-10)11(16)13(14,15)8-17/h4-7,11,17H,8,16H2,1-3H3/t11-/m0/s1. The number of halogens is 2. The summed E-state index contributed by atoms with van der Waals surface area (Å²) in [7, 11) is 0. The van der Waals surface area contributed by atoms with E-state index in [0.717, 1.165) is 5.56 Å². The fourth-order valence-electron chi connectivity index (χ4n) is 1.53. The Labute approximate surface area is 100 Å². The predicted octanol–water partition coefficient (Wildman–Crippen LogP) is 2.61. The lowest BCUT2D eigenvalue weighted by Crippen LogP contribution is -2.36. The first kappa shape index (κ1) is 14.1. The summed E-state index contributed by atoms with van der Waals surface area (Å²) in [5, 5.41) is 8.58. The zero-order valence-electron chi connectivity index (χ0n) is 10.4. The van der Waals surface area contributed by atoms with Crippen molar-refractivity contribution in [2.45, 2.75) is 38.2 Å². The van der Waals surface area contributed by atoms with E-state index in [1.165, 1.54) is 0 Å². The number of nitrogens with two attached hydrogens (primary N) is 1. The van der Waals surface area contributed by atoms with E-state index in [9.17, 15) is 8.78 Å². The topological polar surface area (TPSA) is 46.2 Å². The fraction of sp³-hybridized carbons (Fsp3) is 0.538. The van der Waals surface area contributed by atoms with Crippen molar-refractivity contribution < 1.29 is 13.9 Å². The Kier molecular flexibility index (Phi) is 3.89. The van der Waals surface area contributed by atoms with Gasteiger partial charge < -0.3 is 10.8 Å². The summed E-state index contributed by atoms with van der Waals surface area (Å²) < 4.78 is 26.4. The van der Waals surface area contributed by atoms with Crippen LogP contribution in [0.15, 0.2) is 24.3 Å². The summed E-state index contributed by atoms with van der Waals surface area (Å²) >= 11 is 0. The molecule has 0 aliphatic rings. The average molecular weight is 243 g/mol. The molecule has 17 heavy (non-hydrogen) atoms. The molecule has 0 heterocycles. The number of hydrogen-bond acceptors (Lipinski definition) is 2. The van der Waals surface area contributed by atoms with Gasteiger partial charge in [0, 0.05) is 0 Å². The van der Waals surface area contributed by atoms with Crippen molar-refractivity contribution >= 4 is 0 Å². The maximum atomic E-state index is 13.2. The van der Waals surface area contributed by atoms with E-state index < -0.39 is 18.6 Å². The minimum absolute atomic E-state index is 0.0257. The van der Waals surface area contributed by atoms with Gasteiger partial charge in [-0.3, -0.25) is 0 Å². The average Bonchev–Trinajstić information content (AvgIpc) is 2.27. The number of alkyl halides is 2. The van der Waals surface area contributed by atoms with Gasteiger partial charge in [-0.15, -0.1) is 0 Å². The number of aliphatic hydroxyl groups excluding tert-OH is 1. The highest BCUT2D eigenvalue weighted by atomic mass is 19.3. The van der Waals surface area contributed by atoms with Gasteiger partial charge in [-0.25, -0.2) is 8.78 Å². The van der Waals surface area contributed by atoms with Crippen LogP contribution in [0.5, 0.6) is 0 Å². The maximum Gasteiger partial charge on any atom is 0.289 e. The van der Waals surface area contributed by atoms with Crippen molar-refractivity contribution in [2.24, 2.45) is 5.73 Å². The second-order valence-electron chi connectivity index (χ2n) is 5.27. The molecule has 0 aromatic heterocycles. The quantitative estimate of drug-likeness (QED) is 0.857. The summed E-state index contributed by atoms with van der Waals surface area (Å²) in [6.07, 6.45) is 0. The van der Waals surface area contributed by atoms with Crippen LogP contribution >= 0.6 is 0 Å². The summed E-state index contributed by atoms with van der Waals surface area (Å²) in [6, 6.07) is 5.30. The van der Waals surface area contributed by atoms with Crippen LogP contribution in [-0.4, -0.2) is 17.6 Å². The Balaban J connectivity index is 2.96. The summed E-state index contributed by atoms with van der Waals surface area (Å²) in [5.41, 5.74) is 6.79. The summed E-state index contributed by atoms with van der Waals surface area (Å²) in [5.74, 6) is -3.29. The van der Waals surface area contributed by atoms with Gasteiger partial charge in [0.25, 0.3) is 5.92 Å². The van der Waals surface area contributed by atoms with E-state index in [1.54, 1.807) is 24.3 Å². The van der Waals surface area contributed by atoms with Gasteiger partial charge in [0.2, 0.25) is 0 Å². The molecule has 0 fully saturated rings. The number of rotatable bonds is 3. The zero-order valence-corrected chi connectivity index (χ0v) is 10.4. The zero-order chi connectivity index (χ0) is 13.3. The lowest BCUT2D eigenvalue weighted by atomic mass is 9.86. The van der Waals surface area contributed by atoms with Gasteiger partial charge in [0.1, 0.15) is 6.61 Å². The molecule has 0 spiro atoms. The molecule has 0 amide bonds. The minimum Gasteiger partial charge on any atom is -0.390 e. The van der Waals surface area contributed by atoms with Crippen molar-refractivity contribution in [3.8, 4) is 0 Å². The Bertz CT molecular complexity index is 368. The van der Waals surface area contributed by atoms with E-state index in [2.05, 4.69) is 0 Å². The highest BCUT2D eigenvalue weighted by Gasteiger charge is 2.37. The largest absolute Gasteiger partial charge is 0.390 e. The molecule has 2 nitrogen and oxygen atoms in total. The number of benzene rings is 1. The summed E-state index contributed by atoms with van der Waals surface area (Å²) in [6.45, 7) is 4.90. The first-order chi connectivity index (χ1) is 7.68. The molecule has 96 valence electrons. The van der Waals surface area contributed by atoms with Crippen LogP contribution in [0.25, 0.3) is 0 Å². The van der Waals surface area contributed by atoms with Gasteiger partial charge in [-0.05, 0) is 16.5 Å². The molecule has 1 aromatic rings. The molecule has 0 saturated heterocycles. The molecule has 0 bridgehead atoms. The Hall–Kier alpha value is -1.00. The normalized spacial score (nSPS) is 14.8. The van der Waals surface area contributed by atoms with E-state index >= 15 is 0 Å². The second kappa shape index (κ2) is 4.70. The van der Waals surface area contributed by atoms with Gasteiger partial charge in [0.15, 0.2) is 0 Å². The molecular weight excluding hydrogens is 224 g/mol. The predicted molar refractivity (Wildman–Crippen MR) is 64.1 cm³/mol. The molecular formula is C13H19F2NO. The van der Waals surface area contributed by atoms with Crippen molar-refractivity contribution in [3.05, 3.63) is 35.4 Å². The van der Waals surface area contributed by atoms with Gasteiger partial charge in [-0.2, -0.15) is 0 Å². The fourth-order valence-corrected chi connectivity index (χ4v) is 1.53. The smallest absolute Gasteiger partial charge is 0.289 e. The van der Waals surface area contributed by atoms with Gasteiger partial charge in [0.05, 0.1) is 6.04 Å². The Morgan fingerprint density at radius 3 is 2.00 bits per heavy atom. The molecule has 4 heteroatoms. The molecule has 0 saturated carbocycles. The second-order valence-corrected chi connectivity index (χ2v) is 5.27. The minimum atomic E-state index is -3.29. The maximum absolute atomic E-state index is 13.2. The van der Waals surface area contributed by atoms with Crippen LogP contribution in [-0.2, 0) is 5.41 Å². The number of aliphatic hydroxyl groups is 1. The Morgan fingerprint density at radius 2 is 1.65 bits per heavy atom. The molecule has 1 atom stereocenters. The highest BCUT2D eigenvalue weighted by Crippen LogP contribution is 2.30. The van der Waals surface area contributed by atoms with Crippen molar-refractivity contribution in [1.82, 2.24) is 0 Å². The first-order valence-corrected chi connectivity index (χ1v) is 5.53. The van der Waals surface area contributed by atoms with Crippen LogP contribution < -0.4 is 5.73 Å². The third kappa shape index (κ3) is 3.23. The van der Waals surface area contributed by atoms with Crippen molar-refractivity contribution in [2.75, 3.05) is 6.61 Å². The van der Waals surface area contributed by atoms with Gasteiger partial charge in [-0.1, -0.05) is 45.0 Å². The van der Waals surface area contributed by atoms with E-state index in [0.29, 0.717) is 5.56 Å². The Morgan fingerprint density at radius 1 is 1.18 bits per heavy atom. The third-order valence-corrected chi connectivity index (χ3v) is 2.80. The molecule has 1 aromatic carbocycles. The summed E-state index contributed by atoms with van der Waals surface area (Å²) in [4.78, 5) is 0.